The number of hydrogen-bond donors (Lipinski definition) is 0. The van der Waals surface area contributed by atoms with E-state index in [1.54, 1.807) is 0 Å². The quantitative estimate of drug-likeness (QED) is 0.663. The summed E-state index contributed by atoms with van der Waals surface area (Å²) in [4.78, 5) is 0.409. The van der Waals surface area contributed by atoms with Gasteiger partial charge in [-0.05, 0) is 37.1 Å². The van der Waals surface area contributed by atoms with Gasteiger partial charge in [-0.3, -0.25) is 0 Å². The number of alkyl halides is 1. The maximum atomic E-state index is 5.98. The smallest absolute Gasteiger partial charge is 0.127 e. The highest BCUT2D eigenvalue weighted by molar-refractivity contribution is 9.09. The maximum Gasteiger partial charge on any atom is 0.127 e. The van der Waals surface area contributed by atoms with E-state index in [0.717, 1.165) is 44.0 Å². The second kappa shape index (κ2) is 7.89. The molecule has 0 bridgehead atoms. The van der Waals surface area contributed by atoms with Crippen LogP contribution in [0.3, 0.4) is 0 Å². The molecule has 0 radical (unpaired) electrons. The third kappa shape index (κ3) is 4.13. The largest absolute Gasteiger partial charge is 0.494 e. The van der Waals surface area contributed by atoms with Crippen molar-refractivity contribution in [3.8, 4) is 11.5 Å². The van der Waals surface area contributed by atoms with Crippen molar-refractivity contribution in [1.29, 1.82) is 0 Å². The maximum absolute atomic E-state index is 5.98. The Balaban J connectivity index is 1.83. The van der Waals surface area contributed by atoms with Crippen LogP contribution in [0.5, 0.6) is 11.5 Å². The van der Waals surface area contributed by atoms with Gasteiger partial charge in [-0.2, -0.15) is 0 Å². The van der Waals surface area contributed by atoms with Crippen LogP contribution in [0.4, 0.5) is 0 Å². The molecule has 0 aliphatic heterocycles. The van der Waals surface area contributed by atoms with Gasteiger partial charge in [0.25, 0.3) is 0 Å². The van der Waals surface area contributed by atoms with E-state index in [2.05, 4.69) is 29.8 Å². The van der Waals surface area contributed by atoms with E-state index >= 15 is 0 Å². The van der Waals surface area contributed by atoms with Crippen LogP contribution in [0.15, 0.2) is 24.3 Å². The Hall–Kier alpha value is -0.740. The van der Waals surface area contributed by atoms with Gasteiger partial charge in [-0.25, -0.2) is 0 Å². The van der Waals surface area contributed by atoms with E-state index in [9.17, 15) is 0 Å². The summed E-state index contributed by atoms with van der Waals surface area (Å²) >= 11 is 3.63. The molecule has 3 atom stereocenters. The first-order valence-electron chi connectivity index (χ1n) is 7.39. The van der Waals surface area contributed by atoms with E-state index in [0.29, 0.717) is 4.83 Å². The van der Waals surface area contributed by atoms with Crippen molar-refractivity contribution in [2.24, 2.45) is 0 Å². The first-order valence-corrected chi connectivity index (χ1v) is 8.31. The van der Waals surface area contributed by atoms with E-state index in [4.69, 9.17) is 14.2 Å². The number of rotatable bonds is 8. The van der Waals surface area contributed by atoms with Crippen molar-refractivity contribution in [1.82, 2.24) is 0 Å². The van der Waals surface area contributed by atoms with Crippen molar-refractivity contribution in [3.63, 3.8) is 0 Å². The monoisotopic (exact) mass is 342 g/mol. The van der Waals surface area contributed by atoms with Crippen LogP contribution in [0.1, 0.15) is 33.1 Å². The highest BCUT2D eigenvalue weighted by Gasteiger charge is 2.42. The van der Waals surface area contributed by atoms with E-state index < -0.39 is 0 Å². The van der Waals surface area contributed by atoms with Crippen molar-refractivity contribution in [2.75, 3.05) is 13.2 Å². The van der Waals surface area contributed by atoms with E-state index in [1.165, 1.54) is 0 Å². The summed E-state index contributed by atoms with van der Waals surface area (Å²) in [5.74, 6) is 1.77. The van der Waals surface area contributed by atoms with Crippen molar-refractivity contribution in [3.05, 3.63) is 24.3 Å². The second-order valence-electron chi connectivity index (χ2n) is 5.06. The van der Waals surface area contributed by atoms with Gasteiger partial charge in [0.1, 0.15) is 23.7 Å². The van der Waals surface area contributed by atoms with Crippen LogP contribution in [-0.4, -0.2) is 30.2 Å². The molecule has 1 fully saturated rings. The Morgan fingerprint density at radius 3 is 2.30 bits per heavy atom. The fourth-order valence-electron chi connectivity index (χ4n) is 2.12. The normalized spacial score (nSPS) is 25.1. The molecule has 20 heavy (non-hydrogen) atoms. The first-order chi connectivity index (χ1) is 9.74. The molecule has 4 heteroatoms. The number of ether oxygens (including phenoxy) is 3. The number of halogens is 1. The topological polar surface area (TPSA) is 27.7 Å². The second-order valence-corrected chi connectivity index (χ2v) is 6.24. The Labute approximate surface area is 129 Å². The van der Waals surface area contributed by atoms with Crippen molar-refractivity contribution in [2.45, 2.75) is 50.1 Å². The minimum atomic E-state index is 0.147. The zero-order valence-corrected chi connectivity index (χ0v) is 13.8. The van der Waals surface area contributed by atoms with Gasteiger partial charge in [0, 0.05) is 17.9 Å². The fraction of sp³-hybridized carbons (Fsp3) is 0.625. The Morgan fingerprint density at radius 2 is 1.70 bits per heavy atom. The minimum absolute atomic E-state index is 0.147. The highest BCUT2D eigenvalue weighted by atomic mass is 79.9. The zero-order chi connectivity index (χ0) is 14.4. The Kier molecular flexibility index (Phi) is 6.17. The van der Waals surface area contributed by atoms with Gasteiger partial charge in [0.05, 0.1) is 6.61 Å². The summed E-state index contributed by atoms with van der Waals surface area (Å²) in [6.45, 7) is 5.76. The molecule has 1 aliphatic rings. The molecule has 0 N–H and O–H groups in total. The number of benzene rings is 1. The van der Waals surface area contributed by atoms with Crippen molar-refractivity contribution < 1.29 is 14.2 Å². The van der Waals surface area contributed by atoms with Gasteiger partial charge in [0.15, 0.2) is 0 Å². The van der Waals surface area contributed by atoms with Crippen LogP contribution < -0.4 is 9.47 Å². The van der Waals surface area contributed by atoms with Crippen LogP contribution in [0, 0.1) is 0 Å². The third-order valence-electron chi connectivity index (χ3n) is 3.28. The lowest BCUT2D eigenvalue weighted by molar-refractivity contribution is -0.0762. The lowest BCUT2D eigenvalue weighted by Crippen LogP contribution is -2.52. The fourth-order valence-corrected chi connectivity index (χ4v) is 2.98. The van der Waals surface area contributed by atoms with E-state index in [1.807, 2.05) is 24.3 Å². The summed E-state index contributed by atoms with van der Waals surface area (Å²) in [6.07, 6.45) is 3.34. The molecule has 3 nitrogen and oxygen atoms in total. The minimum Gasteiger partial charge on any atom is -0.494 e. The Bertz CT molecular complexity index is 393. The van der Waals surface area contributed by atoms with Crippen LogP contribution in [0.25, 0.3) is 0 Å². The van der Waals surface area contributed by atoms with Gasteiger partial charge in [-0.1, -0.05) is 29.8 Å². The molecule has 0 heterocycles. The summed E-state index contributed by atoms with van der Waals surface area (Å²) in [5.41, 5.74) is 0. The molecule has 0 aromatic heterocycles. The highest BCUT2D eigenvalue weighted by Crippen LogP contribution is 2.34. The Morgan fingerprint density at radius 1 is 1.05 bits per heavy atom. The molecular formula is C16H23BrO3. The molecular weight excluding hydrogens is 320 g/mol. The average Bonchev–Trinajstić information content (AvgIpc) is 2.46. The molecule has 0 saturated heterocycles. The standard InChI is InChI=1S/C16H23BrO3/c1-3-9-18-12-5-7-13(8-6-12)20-15-11-14(17)16(15)19-10-4-2/h5-8,14-16H,3-4,9-11H2,1-2H3. The molecule has 1 aromatic rings. The average molecular weight is 343 g/mol. The summed E-state index contributed by atoms with van der Waals surface area (Å²) in [6, 6.07) is 7.83. The number of hydrogen-bond acceptors (Lipinski definition) is 3. The summed E-state index contributed by atoms with van der Waals surface area (Å²) in [5, 5.41) is 0. The summed E-state index contributed by atoms with van der Waals surface area (Å²) in [7, 11) is 0. The molecule has 1 aromatic carbocycles. The summed E-state index contributed by atoms with van der Waals surface area (Å²) < 4.78 is 17.3. The molecule has 3 unspecified atom stereocenters. The molecule has 112 valence electrons. The van der Waals surface area contributed by atoms with Gasteiger partial charge < -0.3 is 14.2 Å². The first kappa shape index (κ1) is 15.6. The van der Waals surface area contributed by atoms with Crippen LogP contribution >= 0.6 is 15.9 Å². The van der Waals surface area contributed by atoms with Crippen LogP contribution in [-0.2, 0) is 4.74 Å². The van der Waals surface area contributed by atoms with Crippen molar-refractivity contribution >= 4 is 15.9 Å². The zero-order valence-electron chi connectivity index (χ0n) is 12.2. The predicted molar refractivity (Wildman–Crippen MR) is 84.0 cm³/mol. The third-order valence-corrected chi connectivity index (χ3v) is 4.17. The lowest BCUT2D eigenvalue weighted by Gasteiger charge is -2.40. The van der Waals surface area contributed by atoms with E-state index in [-0.39, 0.29) is 12.2 Å². The van der Waals surface area contributed by atoms with Gasteiger partial charge in [-0.15, -0.1) is 0 Å². The van der Waals surface area contributed by atoms with Crippen LogP contribution in [0.2, 0.25) is 0 Å². The SMILES string of the molecule is CCCOc1ccc(OC2CC(Br)C2OCCC)cc1. The lowest BCUT2D eigenvalue weighted by atomic mass is 9.91. The predicted octanol–water partition coefficient (Wildman–Crippen LogP) is 4.19. The van der Waals surface area contributed by atoms with Gasteiger partial charge >= 0.3 is 0 Å². The van der Waals surface area contributed by atoms with Gasteiger partial charge in [0.2, 0.25) is 0 Å². The molecule has 0 amide bonds. The molecule has 2 rings (SSSR count). The molecule has 1 aliphatic carbocycles. The molecule has 1 saturated carbocycles. The molecule has 0 spiro atoms.